The summed E-state index contributed by atoms with van der Waals surface area (Å²) < 4.78 is 11.1. The van der Waals surface area contributed by atoms with Crippen molar-refractivity contribution in [3.8, 4) is 5.75 Å². The van der Waals surface area contributed by atoms with Crippen LogP contribution in [0.4, 0.5) is 0 Å². The van der Waals surface area contributed by atoms with Crippen LogP contribution in [-0.2, 0) is 16.1 Å². The molecule has 1 amide bonds. The Morgan fingerprint density at radius 2 is 1.93 bits per heavy atom. The minimum atomic E-state index is -0.196. The minimum absolute atomic E-state index is 0.169. The zero-order chi connectivity index (χ0) is 19.6. The molecule has 5 heteroatoms. The van der Waals surface area contributed by atoms with E-state index in [9.17, 15) is 4.79 Å². The monoisotopic (exact) mass is 382 g/mol. The molecule has 1 unspecified atom stereocenters. The van der Waals surface area contributed by atoms with Crippen LogP contribution in [-0.4, -0.2) is 50.3 Å². The largest absolute Gasteiger partial charge is 0.494 e. The van der Waals surface area contributed by atoms with Gasteiger partial charge in [-0.1, -0.05) is 49.4 Å². The Morgan fingerprint density at radius 1 is 1.14 bits per heavy atom. The highest BCUT2D eigenvalue weighted by molar-refractivity contribution is 5.84. The number of rotatable bonds is 9. The number of nitrogens with zero attached hydrogens (tertiary/aromatic N) is 1. The molecule has 0 radical (unpaired) electrons. The Kier molecular flexibility index (Phi) is 7.88. The fourth-order valence-corrected chi connectivity index (χ4v) is 3.36. The van der Waals surface area contributed by atoms with Crippen LogP contribution >= 0.6 is 0 Å². The highest BCUT2D eigenvalue weighted by Gasteiger charge is 2.26. The second-order valence-corrected chi connectivity index (χ2v) is 7.03. The van der Waals surface area contributed by atoms with E-state index in [2.05, 4.69) is 24.4 Å². The Morgan fingerprint density at radius 3 is 2.68 bits per heavy atom. The lowest BCUT2D eigenvalue weighted by atomic mass is 9.97. The van der Waals surface area contributed by atoms with Crippen molar-refractivity contribution in [3.05, 3.63) is 65.7 Å². The lowest BCUT2D eigenvalue weighted by Crippen LogP contribution is -2.45. The van der Waals surface area contributed by atoms with Crippen molar-refractivity contribution < 1.29 is 14.3 Å². The van der Waals surface area contributed by atoms with Gasteiger partial charge in [0, 0.05) is 26.2 Å². The molecule has 1 aliphatic heterocycles. The van der Waals surface area contributed by atoms with Crippen molar-refractivity contribution in [2.75, 3.05) is 39.5 Å². The van der Waals surface area contributed by atoms with Crippen molar-refractivity contribution in [2.24, 2.45) is 0 Å². The first kappa shape index (κ1) is 20.4. The molecule has 0 aliphatic carbocycles. The summed E-state index contributed by atoms with van der Waals surface area (Å²) in [7, 11) is 0. The van der Waals surface area contributed by atoms with Gasteiger partial charge in [0.1, 0.15) is 5.75 Å². The Bertz CT molecular complexity index is 730. The molecule has 5 nitrogen and oxygen atoms in total. The molecule has 2 aromatic carbocycles. The molecule has 1 heterocycles. The molecule has 1 atom stereocenters. The average molecular weight is 383 g/mol. The lowest BCUT2D eigenvalue weighted by molar-refractivity contribution is -0.136. The number of hydrogen-bond acceptors (Lipinski definition) is 4. The van der Waals surface area contributed by atoms with Gasteiger partial charge < -0.3 is 19.7 Å². The molecule has 1 aliphatic rings. The first-order valence-corrected chi connectivity index (χ1v) is 10.1. The second kappa shape index (κ2) is 10.8. The van der Waals surface area contributed by atoms with Gasteiger partial charge in [0.05, 0.1) is 25.7 Å². The number of amides is 1. The van der Waals surface area contributed by atoms with Crippen LogP contribution in [0.15, 0.2) is 54.6 Å². The summed E-state index contributed by atoms with van der Waals surface area (Å²) >= 11 is 0. The van der Waals surface area contributed by atoms with Gasteiger partial charge in [0.15, 0.2) is 0 Å². The number of benzene rings is 2. The SMILES string of the molecule is CCCOc1cccc(CNCC(C(=O)N2CCOCC2)c2ccccc2)c1. The van der Waals surface area contributed by atoms with Crippen LogP contribution < -0.4 is 10.1 Å². The smallest absolute Gasteiger partial charge is 0.231 e. The summed E-state index contributed by atoms with van der Waals surface area (Å²) in [5.41, 5.74) is 2.20. The molecule has 0 bridgehead atoms. The second-order valence-electron chi connectivity index (χ2n) is 7.03. The van der Waals surface area contributed by atoms with Crippen molar-refractivity contribution in [2.45, 2.75) is 25.8 Å². The van der Waals surface area contributed by atoms with E-state index in [-0.39, 0.29) is 11.8 Å². The number of carbonyl (C=O) groups excluding carboxylic acids is 1. The van der Waals surface area contributed by atoms with Crippen LogP contribution in [0.5, 0.6) is 5.75 Å². The third-order valence-corrected chi connectivity index (χ3v) is 4.87. The zero-order valence-corrected chi connectivity index (χ0v) is 16.6. The summed E-state index contributed by atoms with van der Waals surface area (Å²) in [5.74, 6) is 0.867. The van der Waals surface area contributed by atoms with E-state index in [1.165, 1.54) is 0 Å². The summed E-state index contributed by atoms with van der Waals surface area (Å²) in [6.45, 7) is 6.68. The average Bonchev–Trinajstić information content (AvgIpc) is 2.76. The highest BCUT2D eigenvalue weighted by atomic mass is 16.5. The molecule has 1 fully saturated rings. The Labute approximate surface area is 167 Å². The van der Waals surface area contributed by atoms with Crippen LogP contribution in [0.25, 0.3) is 0 Å². The topological polar surface area (TPSA) is 50.8 Å². The molecule has 150 valence electrons. The Hall–Kier alpha value is -2.37. The first-order valence-electron chi connectivity index (χ1n) is 10.1. The predicted molar refractivity (Wildman–Crippen MR) is 111 cm³/mol. The fourth-order valence-electron chi connectivity index (χ4n) is 3.36. The maximum atomic E-state index is 13.1. The molecule has 3 rings (SSSR count). The van der Waals surface area contributed by atoms with E-state index in [4.69, 9.17) is 9.47 Å². The summed E-state index contributed by atoms with van der Waals surface area (Å²) in [4.78, 5) is 15.0. The third-order valence-electron chi connectivity index (χ3n) is 4.87. The van der Waals surface area contributed by atoms with Gasteiger partial charge in [0.2, 0.25) is 5.91 Å². The van der Waals surface area contributed by atoms with Crippen LogP contribution in [0, 0.1) is 0 Å². The van der Waals surface area contributed by atoms with Gasteiger partial charge in [-0.3, -0.25) is 4.79 Å². The van der Waals surface area contributed by atoms with Crippen molar-refractivity contribution >= 4 is 5.91 Å². The number of carbonyl (C=O) groups is 1. The van der Waals surface area contributed by atoms with E-state index in [0.29, 0.717) is 39.4 Å². The van der Waals surface area contributed by atoms with Crippen LogP contribution in [0.2, 0.25) is 0 Å². The first-order chi connectivity index (χ1) is 13.8. The quantitative estimate of drug-likeness (QED) is 0.724. The molecule has 1 N–H and O–H groups in total. The van der Waals surface area contributed by atoms with E-state index in [1.54, 1.807) is 0 Å². The van der Waals surface area contributed by atoms with Gasteiger partial charge in [0.25, 0.3) is 0 Å². The maximum Gasteiger partial charge on any atom is 0.231 e. The normalized spacial score (nSPS) is 15.2. The minimum Gasteiger partial charge on any atom is -0.494 e. The molecule has 1 saturated heterocycles. The molecule has 2 aromatic rings. The molecule has 0 aromatic heterocycles. The molecular weight excluding hydrogens is 352 g/mol. The van der Waals surface area contributed by atoms with E-state index in [0.717, 1.165) is 29.9 Å². The third kappa shape index (κ3) is 5.81. The van der Waals surface area contributed by atoms with Gasteiger partial charge in [-0.05, 0) is 29.7 Å². The summed E-state index contributed by atoms with van der Waals surface area (Å²) in [6.07, 6.45) is 0.991. The van der Waals surface area contributed by atoms with Crippen molar-refractivity contribution in [3.63, 3.8) is 0 Å². The van der Waals surface area contributed by atoms with Gasteiger partial charge in [-0.15, -0.1) is 0 Å². The fraction of sp³-hybridized carbons (Fsp3) is 0.435. The number of ether oxygens (including phenoxy) is 2. The molecular formula is C23H30N2O3. The van der Waals surface area contributed by atoms with Crippen LogP contribution in [0.3, 0.4) is 0 Å². The molecule has 0 spiro atoms. The highest BCUT2D eigenvalue weighted by Crippen LogP contribution is 2.19. The standard InChI is InChI=1S/C23H30N2O3/c1-2-13-28-21-10-6-7-19(16-21)17-24-18-22(20-8-4-3-5-9-20)23(26)25-11-14-27-15-12-25/h3-10,16,22,24H,2,11-15,17-18H2,1H3. The molecule has 28 heavy (non-hydrogen) atoms. The van der Waals surface area contributed by atoms with Gasteiger partial charge in [-0.2, -0.15) is 0 Å². The Balaban J connectivity index is 1.62. The maximum absolute atomic E-state index is 13.1. The van der Waals surface area contributed by atoms with Gasteiger partial charge >= 0.3 is 0 Å². The van der Waals surface area contributed by atoms with Crippen LogP contribution in [0.1, 0.15) is 30.4 Å². The molecule has 0 saturated carbocycles. The van der Waals surface area contributed by atoms with E-state index < -0.39 is 0 Å². The zero-order valence-electron chi connectivity index (χ0n) is 16.6. The summed E-state index contributed by atoms with van der Waals surface area (Å²) in [5, 5.41) is 3.47. The predicted octanol–water partition coefficient (Wildman–Crippen LogP) is 3.21. The van der Waals surface area contributed by atoms with E-state index >= 15 is 0 Å². The lowest BCUT2D eigenvalue weighted by Gasteiger charge is -2.30. The van der Waals surface area contributed by atoms with Crippen molar-refractivity contribution in [1.29, 1.82) is 0 Å². The number of morpholine rings is 1. The number of hydrogen-bond donors (Lipinski definition) is 1. The number of nitrogens with one attached hydrogen (secondary N) is 1. The van der Waals surface area contributed by atoms with E-state index in [1.807, 2.05) is 47.4 Å². The summed E-state index contributed by atoms with van der Waals surface area (Å²) in [6, 6.07) is 18.1. The van der Waals surface area contributed by atoms with Crippen molar-refractivity contribution in [1.82, 2.24) is 10.2 Å². The van der Waals surface area contributed by atoms with Gasteiger partial charge in [-0.25, -0.2) is 0 Å².